The molecule has 0 radical (unpaired) electrons. The van der Waals surface area contributed by atoms with Gasteiger partial charge in [0.25, 0.3) is 0 Å². The zero-order valence-electron chi connectivity index (χ0n) is 11.3. The maximum Gasteiger partial charge on any atom is 0.339 e. The van der Waals surface area contributed by atoms with Crippen molar-refractivity contribution >= 4 is 10.1 Å². The molecule has 0 amide bonds. The molecule has 0 bridgehead atoms. The molecule has 0 saturated heterocycles. The Kier molecular flexibility index (Phi) is 3.64. The first-order chi connectivity index (χ1) is 10.5. The van der Waals surface area contributed by atoms with E-state index in [4.69, 9.17) is 4.18 Å². The first-order valence-corrected chi connectivity index (χ1v) is 7.75. The molecule has 0 aliphatic carbocycles. The van der Waals surface area contributed by atoms with Crippen LogP contribution in [0.15, 0.2) is 71.9 Å². The lowest BCUT2D eigenvalue weighted by Gasteiger charge is -2.08. The fourth-order valence-electron chi connectivity index (χ4n) is 1.85. The van der Waals surface area contributed by atoms with Crippen LogP contribution in [0.2, 0.25) is 0 Å². The molecule has 0 spiro atoms. The van der Waals surface area contributed by atoms with E-state index in [1.807, 2.05) is 0 Å². The Balaban J connectivity index is 1.82. The fourth-order valence-corrected chi connectivity index (χ4v) is 2.78. The maximum atomic E-state index is 12.8. The van der Waals surface area contributed by atoms with Crippen molar-refractivity contribution in [2.45, 2.75) is 4.90 Å². The molecule has 3 rings (SSSR count). The van der Waals surface area contributed by atoms with E-state index in [1.165, 1.54) is 12.1 Å². The van der Waals surface area contributed by atoms with Crippen LogP contribution in [0, 0.1) is 5.82 Å². The fraction of sp³-hybridized carbons (Fsp3) is 0. The largest absolute Gasteiger partial charge is 0.379 e. The Labute approximate surface area is 126 Å². The van der Waals surface area contributed by atoms with Crippen molar-refractivity contribution in [3.63, 3.8) is 0 Å². The zero-order valence-corrected chi connectivity index (χ0v) is 12.1. The van der Waals surface area contributed by atoms with Crippen molar-refractivity contribution in [3.05, 3.63) is 72.8 Å². The van der Waals surface area contributed by atoms with Gasteiger partial charge in [-0.2, -0.15) is 13.5 Å². The molecule has 0 atom stereocenters. The van der Waals surface area contributed by atoms with E-state index in [9.17, 15) is 12.8 Å². The highest BCUT2D eigenvalue weighted by Gasteiger charge is 2.16. The summed E-state index contributed by atoms with van der Waals surface area (Å²) in [6.07, 6.45) is 3.41. The average Bonchev–Trinajstić information content (AvgIpc) is 3.02. The molecule has 0 aliphatic heterocycles. The lowest BCUT2D eigenvalue weighted by atomic mass is 10.3. The molecular formula is C15H11FN2O3S. The van der Waals surface area contributed by atoms with Crippen LogP contribution in [0.1, 0.15) is 0 Å². The molecule has 0 N–H and O–H groups in total. The van der Waals surface area contributed by atoms with Gasteiger partial charge in [0.2, 0.25) is 0 Å². The van der Waals surface area contributed by atoms with Gasteiger partial charge in [0.1, 0.15) is 16.5 Å². The van der Waals surface area contributed by atoms with Crippen LogP contribution in [-0.4, -0.2) is 18.2 Å². The van der Waals surface area contributed by atoms with Crippen LogP contribution in [-0.2, 0) is 10.1 Å². The molecule has 3 aromatic rings. The third-order valence-corrected chi connectivity index (χ3v) is 4.18. The standard InChI is InChI=1S/C15H11FN2O3S/c16-12-2-8-15(9-3-12)22(19,20)21-14-6-4-13(5-7-14)18-11-1-10-17-18/h1-11H. The number of hydrogen-bond acceptors (Lipinski definition) is 4. The minimum Gasteiger partial charge on any atom is -0.379 e. The zero-order chi connectivity index (χ0) is 15.6. The molecule has 0 aliphatic rings. The van der Waals surface area contributed by atoms with Crippen molar-refractivity contribution < 1.29 is 17.0 Å². The van der Waals surface area contributed by atoms with Gasteiger partial charge >= 0.3 is 10.1 Å². The summed E-state index contributed by atoms with van der Waals surface area (Å²) >= 11 is 0. The van der Waals surface area contributed by atoms with E-state index < -0.39 is 15.9 Å². The van der Waals surface area contributed by atoms with Gasteiger partial charge in [0, 0.05) is 12.4 Å². The molecule has 1 aromatic heterocycles. The second-order valence-corrected chi connectivity index (χ2v) is 5.98. The second-order valence-electron chi connectivity index (χ2n) is 4.44. The predicted molar refractivity (Wildman–Crippen MR) is 77.8 cm³/mol. The Morgan fingerprint density at radius 3 is 2.27 bits per heavy atom. The summed E-state index contributed by atoms with van der Waals surface area (Å²) in [6.45, 7) is 0. The highest BCUT2D eigenvalue weighted by molar-refractivity contribution is 7.87. The summed E-state index contributed by atoms with van der Waals surface area (Å²) in [5.41, 5.74) is 0.775. The number of hydrogen-bond donors (Lipinski definition) is 0. The van der Waals surface area contributed by atoms with E-state index >= 15 is 0 Å². The lowest BCUT2D eigenvalue weighted by molar-refractivity contribution is 0.485. The smallest absolute Gasteiger partial charge is 0.339 e. The van der Waals surface area contributed by atoms with Gasteiger partial charge in [-0.05, 0) is 54.6 Å². The van der Waals surface area contributed by atoms with Crippen LogP contribution in [0.5, 0.6) is 5.75 Å². The Hall–Kier alpha value is -2.67. The van der Waals surface area contributed by atoms with E-state index in [-0.39, 0.29) is 10.6 Å². The lowest BCUT2D eigenvalue weighted by Crippen LogP contribution is -2.09. The Bertz CT molecular complexity index is 858. The predicted octanol–water partition coefficient (Wildman–Crippen LogP) is 2.78. The van der Waals surface area contributed by atoms with Crippen LogP contribution in [0.3, 0.4) is 0 Å². The molecule has 0 saturated carbocycles. The maximum absolute atomic E-state index is 12.8. The van der Waals surface area contributed by atoms with Crippen molar-refractivity contribution in [2.24, 2.45) is 0 Å². The first kappa shape index (κ1) is 14.3. The molecule has 22 heavy (non-hydrogen) atoms. The van der Waals surface area contributed by atoms with Crippen LogP contribution in [0.25, 0.3) is 5.69 Å². The summed E-state index contributed by atoms with van der Waals surface area (Å²) in [5, 5.41) is 4.07. The van der Waals surface area contributed by atoms with E-state index in [1.54, 1.807) is 35.3 Å². The van der Waals surface area contributed by atoms with Crippen molar-refractivity contribution in [3.8, 4) is 11.4 Å². The molecule has 5 nitrogen and oxygen atoms in total. The van der Waals surface area contributed by atoms with Crippen molar-refractivity contribution in [1.29, 1.82) is 0 Å². The molecule has 0 fully saturated rings. The molecule has 7 heteroatoms. The first-order valence-electron chi connectivity index (χ1n) is 6.35. The van der Waals surface area contributed by atoms with Crippen LogP contribution in [0.4, 0.5) is 4.39 Å². The number of aromatic nitrogens is 2. The van der Waals surface area contributed by atoms with Crippen molar-refractivity contribution in [1.82, 2.24) is 9.78 Å². The van der Waals surface area contributed by atoms with E-state index in [0.29, 0.717) is 0 Å². The molecule has 2 aromatic carbocycles. The van der Waals surface area contributed by atoms with Crippen LogP contribution < -0.4 is 4.18 Å². The quantitative estimate of drug-likeness (QED) is 0.694. The number of rotatable bonds is 4. The third kappa shape index (κ3) is 2.99. The van der Waals surface area contributed by atoms with E-state index in [0.717, 1.165) is 30.0 Å². The topological polar surface area (TPSA) is 61.2 Å². The summed E-state index contributed by atoms with van der Waals surface area (Å²) in [6, 6.07) is 12.6. The molecule has 0 unspecified atom stereocenters. The van der Waals surface area contributed by atoms with Gasteiger partial charge in [-0.3, -0.25) is 0 Å². The van der Waals surface area contributed by atoms with Gasteiger partial charge in [-0.25, -0.2) is 9.07 Å². The number of halogens is 1. The summed E-state index contributed by atoms with van der Waals surface area (Å²) < 4.78 is 43.6. The molecule has 1 heterocycles. The second kappa shape index (κ2) is 5.61. The normalized spacial score (nSPS) is 11.3. The van der Waals surface area contributed by atoms with Gasteiger partial charge in [-0.15, -0.1) is 0 Å². The Morgan fingerprint density at radius 1 is 1.00 bits per heavy atom. The summed E-state index contributed by atoms with van der Waals surface area (Å²) in [7, 11) is -3.99. The summed E-state index contributed by atoms with van der Waals surface area (Å²) in [4.78, 5) is -0.106. The third-order valence-electron chi connectivity index (χ3n) is 2.91. The SMILES string of the molecule is O=S(=O)(Oc1ccc(-n2cccn2)cc1)c1ccc(F)cc1. The highest BCUT2D eigenvalue weighted by Crippen LogP contribution is 2.20. The number of benzene rings is 2. The van der Waals surface area contributed by atoms with Gasteiger partial charge in [-0.1, -0.05) is 0 Å². The Morgan fingerprint density at radius 2 is 1.68 bits per heavy atom. The van der Waals surface area contributed by atoms with E-state index in [2.05, 4.69) is 5.10 Å². The molecule has 112 valence electrons. The minimum absolute atomic E-state index is 0.106. The monoisotopic (exact) mass is 318 g/mol. The van der Waals surface area contributed by atoms with Gasteiger partial charge in [0.05, 0.1) is 5.69 Å². The number of nitrogens with zero attached hydrogens (tertiary/aromatic N) is 2. The van der Waals surface area contributed by atoms with Gasteiger partial charge < -0.3 is 4.18 Å². The van der Waals surface area contributed by atoms with Crippen LogP contribution >= 0.6 is 0 Å². The van der Waals surface area contributed by atoms with Crippen molar-refractivity contribution in [2.75, 3.05) is 0 Å². The van der Waals surface area contributed by atoms with Gasteiger partial charge in [0.15, 0.2) is 0 Å². The highest BCUT2D eigenvalue weighted by atomic mass is 32.2. The minimum atomic E-state index is -3.99. The molecular weight excluding hydrogens is 307 g/mol. The average molecular weight is 318 g/mol. The summed E-state index contributed by atoms with van der Waals surface area (Å²) in [5.74, 6) is -0.345.